The molecule has 2 atom stereocenters. The van der Waals surface area contributed by atoms with Crippen LogP contribution in [0.1, 0.15) is 79.7 Å². The topological polar surface area (TPSA) is 124 Å². The molecule has 0 bridgehead atoms. The number of aliphatic hydroxyl groups excluding tert-OH is 1. The molecule has 1 aliphatic rings. The van der Waals surface area contributed by atoms with Gasteiger partial charge in [0.2, 0.25) is 0 Å². The molecule has 1 aliphatic heterocycles. The van der Waals surface area contributed by atoms with Gasteiger partial charge in [0.15, 0.2) is 0 Å². The summed E-state index contributed by atoms with van der Waals surface area (Å²) < 4.78 is 5.90. The number of fused-ring (bicyclic) bond motifs is 1. The third kappa shape index (κ3) is 5.21. The Morgan fingerprint density at radius 3 is 2.40 bits per heavy atom. The third-order valence-corrected chi connectivity index (χ3v) is 5.47. The summed E-state index contributed by atoms with van der Waals surface area (Å²) in [6.07, 6.45) is 6.12. The van der Waals surface area contributed by atoms with Gasteiger partial charge in [0.25, 0.3) is 0 Å². The van der Waals surface area contributed by atoms with E-state index in [2.05, 4.69) is 26.0 Å². The molecule has 1 aromatic carbocycles. The Kier molecular flexibility index (Phi) is 7.31. The quantitative estimate of drug-likeness (QED) is 0.464. The maximum atomic E-state index is 11.8. The maximum Gasteiger partial charge on any atom is 0.340 e. The Morgan fingerprint density at radius 1 is 1.17 bits per heavy atom. The molecule has 164 valence electrons. The average molecular weight is 418 g/mol. The number of aliphatic hydroxyl groups is 1. The predicted molar refractivity (Wildman–Crippen MR) is 112 cm³/mol. The molecule has 0 fully saturated rings. The van der Waals surface area contributed by atoms with Crippen LogP contribution in [0.4, 0.5) is 0 Å². The second kappa shape index (κ2) is 9.34. The molecule has 1 aromatic rings. The number of ether oxygens (including phenoxy) is 1. The van der Waals surface area contributed by atoms with Crippen molar-refractivity contribution in [1.82, 2.24) is 0 Å². The number of aromatic carboxylic acids is 2. The van der Waals surface area contributed by atoms with Crippen molar-refractivity contribution in [2.24, 2.45) is 0 Å². The molecule has 7 nitrogen and oxygen atoms in total. The van der Waals surface area contributed by atoms with E-state index < -0.39 is 40.5 Å². The Bertz CT molecular complexity index is 893. The molecule has 30 heavy (non-hydrogen) atoms. The third-order valence-electron chi connectivity index (χ3n) is 5.47. The summed E-state index contributed by atoms with van der Waals surface area (Å²) in [5, 5.41) is 39.7. The van der Waals surface area contributed by atoms with Gasteiger partial charge in [0.05, 0.1) is 11.7 Å². The summed E-state index contributed by atoms with van der Waals surface area (Å²) in [6.45, 7) is 7.81. The van der Waals surface area contributed by atoms with E-state index in [1.165, 1.54) is 11.1 Å². The van der Waals surface area contributed by atoms with Gasteiger partial charge in [-0.3, -0.25) is 0 Å². The number of allylic oxidation sites excluding steroid dienone is 4. The van der Waals surface area contributed by atoms with Crippen molar-refractivity contribution in [1.29, 1.82) is 0 Å². The lowest BCUT2D eigenvalue weighted by Gasteiger charge is -2.40. The number of carbonyl (C=O) groups is 2. The molecule has 0 spiro atoms. The minimum Gasteiger partial charge on any atom is -0.508 e. The smallest absolute Gasteiger partial charge is 0.340 e. The second-order valence-electron chi connectivity index (χ2n) is 8.28. The van der Waals surface area contributed by atoms with Crippen molar-refractivity contribution in [3.8, 4) is 11.5 Å². The lowest BCUT2D eigenvalue weighted by atomic mass is 9.84. The number of phenols is 1. The molecule has 7 heteroatoms. The molecule has 0 aromatic heterocycles. The van der Waals surface area contributed by atoms with E-state index in [1.54, 1.807) is 6.92 Å². The molecule has 0 saturated heterocycles. The average Bonchev–Trinajstić information content (AvgIpc) is 2.62. The summed E-state index contributed by atoms with van der Waals surface area (Å²) in [6, 6.07) is 0.891. The zero-order chi connectivity index (χ0) is 22.6. The van der Waals surface area contributed by atoms with Gasteiger partial charge in [-0.1, -0.05) is 23.3 Å². The van der Waals surface area contributed by atoms with Crippen LogP contribution >= 0.6 is 0 Å². The molecule has 0 aliphatic carbocycles. The Hall–Kier alpha value is -2.80. The first-order valence-corrected chi connectivity index (χ1v) is 9.97. The lowest BCUT2D eigenvalue weighted by Crippen LogP contribution is -2.49. The summed E-state index contributed by atoms with van der Waals surface area (Å²) in [5.74, 6) is -3.52. The van der Waals surface area contributed by atoms with Crippen LogP contribution < -0.4 is 4.74 Å². The SMILES string of the molecule is CC(C)=CCCC(C)=CCCC1(C)Oc2c(c(O)cc(C(=O)O)c2C(=O)O)CC1O. The van der Waals surface area contributed by atoms with Crippen molar-refractivity contribution >= 4 is 11.9 Å². The van der Waals surface area contributed by atoms with Crippen molar-refractivity contribution in [2.45, 2.75) is 71.5 Å². The van der Waals surface area contributed by atoms with Crippen molar-refractivity contribution < 1.29 is 34.8 Å². The van der Waals surface area contributed by atoms with E-state index in [-0.39, 0.29) is 17.7 Å². The highest BCUT2D eigenvalue weighted by molar-refractivity contribution is 6.04. The standard InChI is InChI=1S/C23H30O7/c1-13(2)7-5-8-14(3)9-6-10-23(4)18(25)12-15-17(24)11-16(21(26)27)19(22(28)29)20(15)30-23/h7,9,11,18,24-25H,5-6,8,10,12H2,1-4H3,(H,26,27)(H,28,29). The zero-order valence-electron chi connectivity index (χ0n) is 17.9. The van der Waals surface area contributed by atoms with E-state index in [1.807, 2.05) is 6.92 Å². The van der Waals surface area contributed by atoms with E-state index in [0.717, 1.165) is 18.9 Å². The Morgan fingerprint density at radius 2 is 1.83 bits per heavy atom. The van der Waals surface area contributed by atoms with Gasteiger partial charge in [0, 0.05) is 12.0 Å². The summed E-state index contributed by atoms with van der Waals surface area (Å²) in [4.78, 5) is 23.2. The molecule has 1 heterocycles. The molecule has 0 amide bonds. The highest BCUT2D eigenvalue weighted by Crippen LogP contribution is 2.44. The van der Waals surface area contributed by atoms with Crippen molar-refractivity contribution in [2.75, 3.05) is 0 Å². The minimum absolute atomic E-state index is 0.0267. The summed E-state index contributed by atoms with van der Waals surface area (Å²) >= 11 is 0. The fourth-order valence-corrected chi connectivity index (χ4v) is 3.60. The summed E-state index contributed by atoms with van der Waals surface area (Å²) in [7, 11) is 0. The molecule has 2 rings (SSSR count). The van der Waals surface area contributed by atoms with Gasteiger partial charge in [-0.2, -0.15) is 0 Å². The maximum absolute atomic E-state index is 11.8. The zero-order valence-corrected chi connectivity index (χ0v) is 17.9. The van der Waals surface area contributed by atoms with Gasteiger partial charge in [-0.15, -0.1) is 0 Å². The first-order valence-electron chi connectivity index (χ1n) is 9.97. The van der Waals surface area contributed by atoms with Crippen LogP contribution in [0.15, 0.2) is 29.4 Å². The van der Waals surface area contributed by atoms with Crippen molar-refractivity contribution in [3.63, 3.8) is 0 Å². The largest absolute Gasteiger partial charge is 0.508 e. The van der Waals surface area contributed by atoms with Crippen LogP contribution in [0.25, 0.3) is 0 Å². The van der Waals surface area contributed by atoms with Crippen LogP contribution in [0, 0.1) is 0 Å². The molecular weight excluding hydrogens is 388 g/mol. The number of hydrogen-bond donors (Lipinski definition) is 4. The molecule has 0 radical (unpaired) electrons. The molecule has 4 N–H and O–H groups in total. The van der Waals surface area contributed by atoms with E-state index in [0.29, 0.717) is 12.8 Å². The van der Waals surface area contributed by atoms with E-state index in [4.69, 9.17) is 4.74 Å². The number of phenolic OH excluding ortho intramolecular Hbond substituents is 1. The van der Waals surface area contributed by atoms with E-state index in [9.17, 15) is 30.0 Å². The predicted octanol–water partition coefficient (Wildman–Crippen LogP) is 4.32. The lowest BCUT2D eigenvalue weighted by molar-refractivity contribution is -0.0598. The fraction of sp³-hybridized carbons (Fsp3) is 0.478. The number of rotatable bonds is 8. The Labute approximate surface area is 176 Å². The van der Waals surface area contributed by atoms with Crippen LogP contribution in [0.3, 0.4) is 0 Å². The van der Waals surface area contributed by atoms with Crippen LogP contribution in [-0.4, -0.2) is 44.1 Å². The number of carboxylic acids is 2. The highest BCUT2D eigenvalue weighted by atomic mass is 16.5. The van der Waals surface area contributed by atoms with Gasteiger partial charge in [-0.05, 0) is 59.4 Å². The first-order chi connectivity index (χ1) is 14.0. The number of carboxylic acid groups (broad SMARTS) is 2. The molecule has 0 saturated carbocycles. The van der Waals surface area contributed by atoms with Crippen molar-refractivity contribution in [3.05, 3.63) is 46.1 Å². The van der Waals surface area contributed by atoms with Crippen LogP contribution in [-0.2, 0) is 6.42 Å². The highest BCUT2D eigenvalue weighted by Gasteiger charge is 2.43. The minimum atomic E-state index is -1.48. The Balaban J connectivity index is 2.27. The molecular formula is C23H30O7. The van der Waals surface area contributed by atoms with Crippen LogP contribution in [0.2, 0.25) is 0 Å². The van der Waals surface area contributed by atoms with Gasteiger partial charge >= 0.3 is 11.9 Å². The number of hydrogen-bond acceptors (Lipinski definition) is 5. The summed E-state index contributed by atoms with van der Waals surface area (Å²) in [5.41, 5.74) is 0.409. The number of aromatic hydroxyl groups is 1. The monoisotopic (exact) mass is 418 g/mol. The second-order valence-corrected chi connectivity index (χ2v) is 8.28. The van der Waals surface area contributed by atoms with Gasteiger partial charge in [0.1, 0.15) is 22.7 Å². The van der Waals surface area contributed by atoms with Gasteiger partial charge < -0.3 is 25.2 Å². The van der Waals surface area contributed by atoms with Gasteiger partial charge in [-0.25, -0.2) is 9.59 Å². The number of benzene rings is 1. The normalized spacial score (nSPS) is 20.8. The van der Waals surface area contributed by atoms with Crippen LogP contribution in [0.5, 0.6) is 11.5 Å². The first kappa shape index (κ1) is 23.5. The molecule has 2 unspecified atom stereocenters. The fourth-order valence-electron chi connectivity index (χ4n) is 3.60. The van der Waals surface area contributed by atoms with E-state index >= 15 is 0 Å².